The van der Waals surface area contributed by atoms with Crippen molar-refractivity contribution >= 4 is 23.8 Å². The molecule has 0 unspecified atom stereocenters. The van der Waals surface area contributed by atoms with E-state index >= 15 is 0 Å². The number of rotatable bonds is 23. The molecule has 2 aliphatic rings. The van der Waals surface area contributed by atoms with Gasteiger partial charge in [0, 0.05) is 25.9 Å². The van der Waals surface area contributed by atoms with E-state index in [1.54, 1.807) is 4.90 Å². The van der Waals surface area contributed by atoms with E-state index in [1.807, 2.05) is 0 Å². The zero-order chi connectivity index (χ0) is 30.3. The summed E-state index contributed by atoms with van der Waals surface area (Å²) in [5, 5.41) is 18.1. The monoisotopic (exact) mass is 580 g/mol. The zero-order valence-corrected chi connectivity index (χ0v) is 26.3. The SMILES string of the molecule is CCCCCCCCCCCCCCCCN1C(=O)CC[C@H]1C(=O)O.CCCCCCCN1C(=O)CC[C@H]1C(=O)O. The van der Waals surface area contributed by atoms with Crippen molar-refractivity contribution in [2.45, 2.75) is 174 Å². The van der Waals surface area contributed by atoms with Crippen LogP contribution in [0.25, 0.3) is 0 Å². The smallest absolute Gasteiger partial charge is 0.326 e. The van der Waals surface area contributed by atoms with Crippen LogP contribution in [-0.2, 0) is 19.2 Å². The highest BCUT2D eigenvalue weighted by molar-refractivity contribution is 5.88. The summed E-state index contributed by atoms with van der Waals surface area (Å²) in [7, 11) is 0. The number of carboxylic acid groups (broad SMARTS) is 2. The van der Waals surface area contributed by atoms with Crippen molar-refractivity contribution in [3.63, 3.8) is 0 Å². The Morgan fingerprint density at radius 3 is 1.07 bits per heavy atom. The molecule has 0 aliphatic carbocycles. The van der Waals surface area contributed by atoms with Gasteiger partial charge in [-0.15, -0.1) is 0 Å². The number of hydrogen-bond acceptors (Lipinski definition) is 4. The molecule has 2 amide bonds. The molecule has 8 heteroatoms. The van der Waals surface area contributed by atoms with Crippen LogP contribution in [-0.4, -0.2) is 68.9 Å². The number of amides is 2. The normalized spacial score (nSPS) is 18.6. The van der Waals surface area contributed by atoms with Crippen LogP contribution in [0.5, 0.6) is 0 Å². The van der Waals surface area contributed by atoms with E-state index in [-0.39, 0.29) is 11.8 Å². The lowest BCUT2D eigenvalue weighted by Crippen LogP contribution is -2.39. The molecule has 8 nitrogen and oxygen atoms in total. The predicted molar refractivity (Wildman–Crippen MR) is 164 cm³/mol. The number of likely N-dealkylation sites (tertiary alicyclic amines) is 2. The molecule has 0 radical (unpaired) electrons. The number of unbranched alkanes of at least 4 members (excludes halogenated alkanes) is 17. The molecule has 2 rings (SSSR count). The Bertz CT molecular complexity index is 743. The van der Waals surface area contributed by atoms with Crippen molar-refractivity contribution in [3.05, 3.63) is 0 Å². The molecule has 0 saturated carbocycles. The fraction of sp³-hybridized carbons (Fsp3) is 0.879. The first-order valence-corrected chi connectivity index (χ1v) is 16.9. The first-order valence-electron chi connectivity index (χ1n) is 16.9. The number of carbonyl (C=O) groups is 4. The first kappa shape index (κ1) is 36.9. The molecule has 238 valence electrons. The number of carboxylic acids is 2. The number of hydrogen-bond donors (Lipinski definition) is 2. The van der Waals surface area contributed by atoms with Gasteiger partial charge >= 0.3 is 11.9 Å². The summed E-state index contributed by atoms with van der Waals surface area (Å²) in [5.41, 5.74) is 0. The third-order valence-electron chi connectivity index (χ3n) is 8.48. The molecular weight excluding hydrogens is 520 g/mol. The van der Waals surface area contributed by atoms with Gasteiger partial charge in [0.05, 0.1) is 0 Å². The standard InChI is InChI=1S/C21H39NO3.C12H21NO3/c1-2-3-4-5-6-7-8-9-10-11-12-13-14-15-18-22-19(21(24)25)16-17-20(22)23;1-2-3-4-5-6-9-13-10(12(15)16)7-8-11(13)14/h19H,2-18H2,1H3,(H,24,25);10H,2-9H2,1H3,(H,15,16)/t19-;10-/m00/s1. The highest BCUT2D eigenvalue weighted by Crippen LogP contribution is 2.21. The average Bonchev–Trinajstić information content (AvgIpc) is 3.51. The third-order valence-corrected chi connectivity index (χ3v) is 8.48. The molecule has 2 heterocycles. The maximum Gasteiger partial charge on any atom is 0.326 e. The van der Waals surface area contributed by atoms with E-state index in [0.29, 0.717) is 38.8 Å². The Morgan fingerprint density at radius 1 is 0.537 bits per heavy atom. The molecule has 0 bridgehead atoms. The number of aliphatic carboxylic acids is 2. The van der Waals surface area contributed by atoms with Crippen molar-refractivity contribution in [1.29, 1.82) is 0 Å². The number of nitrogens with zero attached hydrogens (tertiary/aromatic N) is 2. The molecule has 0 aromatic carbocycles. The summed E-state index contributed by atoms with van der Waals surface area (Å²) < 4.78 is 0. The highest BCUT2D eigenvalue weighted by atomic mass is 16.4. The summed E-state index contributed by atoms with van der Waals surface area (Å²) >= 11 is 0. The van der Waals surface area contributed by atoms with Gasteiger partial charge in [-0.1, -0.05) is 123 Å². The molecule has 2 aliphatic heterocycles. The van der Waals surface area contributed by atoms with Gasteiger partial charge in [0.2, 0.25) is 11.8 Å². The third kappa shape index (κ3) is 16.2. The summed E-state index contributed by atoms with van der Waals surface area (Å²) in [6, 6.07) is -1.15. The molecular formula is C33H60N2O6. The van der Waals surface area contributed by atoms with Crippen LogP contribution in [0.3, 0.4) is 0 Å². The molecule has 2 saturated heterocycles. The topological polar surface area (TPSA) is 115 Å². The fourth-order valence-corrected chi connectivity index (χ4v) is 5.90. The van der Waals surface area contributed by atoms with Crippen LogP contribution in [0, 0.1) is 0 Å². The second kappa shape index (κ2) is 23.4. The minimum atomic E-state index is -0.862. The quantitative estimate of drug-likeness (QED) is 0.120. The maximum atomic E-state index is 11.7. The Kier molecular flexibility index (Phi) is 21.1. The molecule has 0 aromatic heterocycles. The van der Waals surface area contributed by atoms with Crippen LogP contribution in [0.2, 0.25) is 0 Å². The Hall–Kier alpha value is -2.12. The van der Waals surface area contributed by atoms with Gasteiger partial charge in [-0.05, 0) is 25.7 Å². The van der Waals surface area contributed by atoms with Crippen molar-refractivity contribution in [2.75, 3.05) is 13.1 Å². The van der Waals surface area contributed by atoms with Gasteiger partial charge in [0.1, 0.15) is 12.1 Å². The molecule has 0 spiro atoms. The van der Waals surface area contributed by atoms with Gasteiger partial charge in [0.15, 0.2) is 0 Å². The van der Waals surface area contributed by atoms with E-state index in [4.69, 9.17) is 10.2 Å². The second-order valence-corrected chi connectivity index (χ2v) is 12.0. The largest absolute Gasteiger partial charge is 0.480 e. The second-order valence-electron chi connectivity index (χ2n) is 12.0. The van der Waals surface area contributed by atoms with Crippen LogP contribution in [0.15, 0.2) is 0 Å². The molecule has 41 heavy (non-hydrogen) atoms. The molecule has 2 N–H and O–H groups in total. The molecule has 0 aromatic rings. The lowest BCUT2D eigenvalue weighted by atomic mass is 10.0. The minimum absolute atomic E-state index is 0.00268. The molecule has 2 atom stereocenters. The van der Waals surface area contributed by atoms with E-state index in [1.165, 1.54) is 101 Å². The zero-order valence-electron chi connectivity index (χ0n) is 26.3. The fourth-order valence-electron chi connectivity index (χ4n) is 5.90. The summed E-state index contributed by atoms with van der Waals surface area (Å²) in [6.07, 6.45) is 25.6. The van der Waals surface area contributed by atoms with Gasteiger partial charge in [0.25, 0.3) is 0 Å². The van der Waals surface area contributed by atoms with Gasteiger partial charge in [-0.2, -0.15) is 0 Å². The van der Waals surface area contributed by atoms with Crippen molar-refractivity contribution < 1.29 is 29.4 Å². The number of carbonyl (C=O) groups excluding carboxylic acids is 2. The van der Waals surface area contributed by atoms with Crippen LogP contribution >= 0.6 is 0 Å². The van der Waals surface area contributed by atoms with E-state index in [2.05, 4.69) is 13.8 Å². The molecule has 2 fully saturated rings. The Balaban J connectivity index is 0.000000452. The predicted octanol–water partition coefficient (Wildman–Crippen LogP) is 7.58. The van der Waals surface area contributed by atoms with Crippen LogP contribution in [0.1, 0.15) is 162 Å². The lowest BCUT2D eigenvalue weighted by molar-refractivity contribution is -0.146. The minimum Gasteiger partial charge on any atom is -0.480 e. The van der Waals surface area contributed by atoms with Crippen molar-refractivity contribution in [3.8, 4) is 0 Å². The Labute approximate surface area is 249 Å². The van der Waals surface area contributed by atoms with Gasteiger partial charge < -0.3 is 20.0 Å². The van der Waals surface area contributed by atoms with Crippen LogP contribution in [0.4, 0.5) is 0 Å². The van der Waals surface area contributed by atoms with Gasteiger partial charge in [-0.3, -0.25) is 9.59 Å². The Morgan fingerprint density at radius 2 is 0.805 bits per heavy atom. The van der Waals surface area contributed by atoms with Crippen molar-refractivity contribution in [2.24, 2.45) is 0 Å². The van der Waals surface area contributed by atoms with Crippen molar-refractivity contribution in [1.82, 2.24) is 9.80 Å². The maximum absolute atomic E-state index is 11.7. The van der Waals surface area contributed by atoms with E-state index in [0.717, 1.165) is 25.7 Å². The first-order chi connectivity index (χ1) is 19.8. The summed E-state index contributed by atoms with van der Waals surface area (Å²) in [6.45, 7) is 5.65. The van der Waals surface area contributed by atoms with Crippen LogP contribution < -0.4 is 0 Å². The van der Waals surface area contributed by atoms with Gasteiger partial charge in [-0.25, -0.2) is 9.59 Å². The van der Waals surface area contributed by atoms with E-state index < -0.39 is 24.0 Å². The summed E-state index contributed by atoms with van der Waals surface area (Å²) in [4.78, 5) is 48.3. The summed E-state index contributed by atoms with van der Waals surface area (Å²) in [5.74, 6) is -1.69. The average molecular weight is 581 g/mol. The highest BCUT2D eigenvalue weighted by Gasteiger charge is 2.36. The lowest BCUT2D eigenvalue weighted by Gasteiger charge is -2.21. The van der Waals surface area contributed by atoms with E-state index in [9.17, 15) is 19.2 Å².